The first-order valence-electron chi connectivity index (χ1n) is 7.85. The summed E-state index contributed by atoms with van der Waals surface area (Å²) in [4.78, 5) is 28.2. The number of nitrogens with one attached hydrogen (secondary N) is 1. The summed E-state index contributed by atoms with van der Waals surface area (Å²) in [6.07, 6.45) is -0.0782. The molecule has 6 nitrogen and oxygen atoms in total. The fraction of sp³-hybridized carbons (Fsp3) is 0.812. The van der Waals surface area contributed by atoms with E-state index in [1.54, 1.807) is 42.4 Å². The largest absolute Gasteiger partial charge is 0.462 e. The van der Waals surface area contributed by atoms with Crippen molar-refractivity contribution in [2.45, 2.75) is 69.1 Å². The van der Waals surface area contributed by atoms with Crippen molar-refractivity contribution in [1.29, 1.82) is 0 Å². The smallest absolute Gasteiger partial charge is 0.408 e. The van der Waals surface area contributed by atoms with Gasteiger partial charge in [0.2, 0.25) is 0 Å². The number of alkyl carbamates (subject to hydrolysis) is 1. The summed E-state index contributed by atoms with van der Waals surface area (Å²) in [7, 11) is 3.27. The standard InChI is InChI=1S/C16H28N2O4S2/c1-14(2,3)22-13(20)18-16(12(19)21-9-8-17-7)10-11(16)23-24-15(4,5)6/h11H,7-10H2,1-6H3,(H,18,20)/t11-,16?/m1/s1. The molecule has 138 valence electrons. The van der Waals surface area contributed by atoms with Gasteiger partial charge in [-0.05, 0) is 33.9 Å². The van der Waals surface area contributed by atoms with Gasteiger partial charge in [0.1, 0.15) is 12.2 Å². The highest BCUT2D eigenvalue weighted by Crippen LogP contribution is 2.54. The van der Waals surface area contributed by atoms with Crippen molar-refractivity contribution < 1.29 is 19.1 Å². The SMILES string of the molecule is C=NCCOC(=O)C1(NC(=O)OC(C)(C)C)C[C@H]1SSC(C)(C)C. The third kappa shape index (κ3) is 6.93. The molecule has 1 fully saturated rings. The van der Waals surface area contributed by atoms with Gasteiger partial charge in [0.05, 0.1) is 11.8 Å². The number of rotatable bonds is 7. The van der Waals surface area contributed by atoms with Gasteiger partial charge in [-0.2, -0.15) is 0 Å². The molecule has 0 saturated heterocycles. The van der Waals surface area contributed by atoms with Crippen LogP contribution in [-0.2, 0) is 14.3 Å². The average molecular weight is 377 g/mol. The van der Waals surface area contributed by atoms with Crippen LogP contribution in [0.3, 0.4) is 0 Å². The van der Waals surface area contributed by atoms with Gasteiger partial charge in [0, 0.05) is 4.75 Å². The van der Waals surface area contributed by atoms with Crippen LogP contribution >= 0.6 is 21.6 Å². The number of carbonyl (C=O) groups excluding carboxylic acids is 2. The minimum Gasteiger partial charge on any atom is -0.462 e. The summed E-state index contributed by atoms with van der Waals surface area (Å²) in [6.45, 7) is 15.5. The van der Waals surface area contributed by atoms with E-state index in [0.717, 1.165) is 0 Å². The fourth-order valence-corrected chi connectivity index (χ4v) is 4.73. The zero-order chi connectivity index (χ0) is 18.6. The maximum atomic E-state index is 12.5. The molecule has 1 aliphatic carbocycles. The Bertz CT molecular complexity index is 485. The molecule has 2 atom stereocenters. The highest BCUT2D eigenvalue weighted by atomic mass is 33.1. The Hall–Kier alpha value is -0.890. The van der Waals surface area contributed by atoms with Gasteiger partial charge in [0.25, 0.3) is 0 Å². The summed E-state index contributed by atoms with van der Waals surface area (Å²) in [6, 6.07) is 0. The lowest BCUT2D eigenvalue weighted by molar-refractivity contribution is -0.147. The van der Waals surface area contributed by atoms with Crippen LogP contribution in [0.15, 0.2) is 4.99 Å². The summed E-state index contributed by atoms with van der Waals surface area (Å²) < 4.78 is 10.6. The van der Waals surface area contributed by atoms with E-state index in [4.69, 9.17) is 9.47 Å². The zero-order valence-electron chi connectivity index (χ0n) is 15.3. The molecule has 1 aliphatic rings. The topological polar surface area (TPSA) is 77.0 Å². The third-order valence-electron chi connectivity index (χ3n) is 2.88. The summed E-state index contributed by atoms with van der Waals surface area (Å²) >= 11 is 0. The number of amides is 1. The van der Waals surface area contributed by atoms with Crippen LogP contribution in [0.4, 0.5) is 4.79 Å². The van der Waals surface area contributed by atoms with E-state index >= 15 is 0 Å². The number of hydrogen-bond acceptors (Lipinski definition) is 7. The first kappa shape index (κ1) is 21.2. The van der Waals surface area contributed by atoms with E-state index in [0.29, 0.717) is 13.0 Å². The molecule has 0 aliphatic heterocycles. The van der Waals surface area contributed by atoms with Crippen LogP contribution in [0, 0.1) is 0 Å². The normalized spacial score (nSPS) is 23.3. The molecule has 0 bridgehead atoms. The highest BCUT2D eigenvalue weighted by molar-refractivity contribution is 8.77. The quantitative estimate of drug-likeness (QED) is 0.317. The Morgan fingerprint density at radius 1 is 1.29 bits per heavy atom. The van der Waals surface area contributed by atoms with Crippen LogP contribution in [0.25, 0.3) is 0 Å². The number of carbonyl (C=O) groups is 2. The van der Waals surface area contributed by atoms with Crippen molar-refractivity contribution in [2.75, 3.05) is 13.2 Å². The first-order valence-corrected chi connectivity index (χ1v) is 10.1. The van der Waals surface area contributed by atoms with Crippen molar-refractivity contribution in [3.05, 3.63) is 0 Å². The predicted octanol–water partition coefficient (Wildman–Crippen LogP) is 3.45. The second-order valence-corrected chi connectivity index (χ2v) is 10.9. The fourth-order valence-electron chi connectivity index (χ4n) is 1.77. The number of hydrogen-bond donors (Lipinski definition) is 1. The molecule has 0 heterocycles. The second kappa shape index (κ2) is 7.99. The molecule has 0 radical (unpaired) electrons. The van der Waals surface area contributed by atoms with E-state index < -0.39 is 23.2 Å². The number of ether oxygens (including phenoxy) is 2. The molecule has 1 unspecified atom stereocenters. The van der Waals surface area contributed by atoms with Crippen molar-refractivity contribution in [1.82, 2.24) is 5.32 Å². The van der Waals surface area contributed by atoms with Crippen LogP contribution in [0.5, 0.6) is 0 Å². The van der Waals surface area contributed by atoms with E-state index in [-0.39, 0.29) is 16.6 Å². The van der Waals surface area contributed by atoms with Crippen LogP contribution in [0.1, 0.15) is 48.0 Å². The predicted molar refractivity (Wildman–Crippen MR) is 101 cm³/mol. The van der Waals surface area contributed by atoms with Crippen LogP contribution in [-0.4, -0.2) is 53.1 Å². The van der Waals surface area contributed by atoms with E-state index in [1.807, 2.05) is 0 Å². The molecule has 1 saturated carbocycles. The highest BCUT2D eigenvalue weighted by Gasteiger charge is 2.64. The number of esters is 1. The van der Waals surface area contributed by atoms with Crippen LogP contribution < -0.4 is 5.32 Å². The van der Waals surface area contributed by atoms with Gasteiger partial charge in [-0.3, -0.25) is 4.99 Å². The molecule has 0 aromatic heterocycles. The lowest BCUT2D eigenvalue weighted by Gasteiger charge is -2.24. The molecule has 1 amide bonds. The van der Waals surface area contributed by atoms with Gasteiger partial charge in [0.15, 0.2) is 5.54 Å². The summed E-state index contributed by atoms with van der Waals surface area (Å²) in [5.74, 6) is -0.441. The maximum absolute atomic E-state index is 12.5. The Kier molecular flexibility index (Phi) is 7.04. The van der Waals surface area contributed by atoms with E-state index in [2.05, 4.69) is 37.8 Å². The van der Waals surface area contributed by atoms with Gasteiger partial charge >= 0.3 is 12.1 Å². The minimum atomic E-state index is -1.02. The van der Waals surface area contributed by atoms with E-state index in [9.17, 15) is 9.59 Å². The zero-order valence-corrected chi connectivity index (χ0v) is 16.9. The Morgan fingerprint density at radius 2 is 1.92 bits per heavy atom. The number of nitrogens with zero attached hydrogens (tertiary/aromatic N) is 1. The first-order chi connectivity index (χ1) is 10.9. The Labute approximate surface area is 152 Å². The number of aliphatic imine (C=N–C) groups is 1. The van der Waals surface area contributed by atoms with Crippen molar-refractivity contribution in [3.63, 3.8) is 0 Å². The molecule has 8 heteroatoms. The Balaban J connectivity index is 2.73. The molecular formula is C16H28N2O4S2. The van der Waals surface area contributed by atoms with Gasteiger partial charge in [-0.25, -0.2) is 9.59 Å². The lowest BCUT2D eigenvalue weighted by atomic mass is 10.2. The second-order valence-electron chi connectivity index (χ2n) is 7.67. The molecule has 1 N–H and O–H groups in total. The lowest BCUT2D eigenvalue weighted by Crippen LogP contribution is -2.48. The van der Waals surface area contributed by atoms with Crippen molar-refractivity contribution in [2.24, 2.45) is 4.99 Å². The summed E-state index contributed by atoms with van der Waals surface area (Å²) in [5.41, 5.74) is -1.65. The minimum absolute atomic E-state index is 0.0431. The van der Waals surface area contributed by atoms with Gasteiger partial charge < -0.3 is 14.8 Å². The van der Waals surface area contributed by atoms with E-state index in [1.165, 1.54) is 0 Å². The molecule has 0 aromatic carbocycles. The average Bonchev–Trinajstić information content (AvgIpc) is 3.08. The summed E-state index contributed by atoms with van der Waals surface area (Å²) in [5, 5.41) is 2.68. The van der Waals surface area contributed by atoms with Gasteiger partial charge in [-0.1, -0.05) is 42.4 Å². The third-order valence-corrected chi connectivity index (χ3v) is 6.77. The Morgan fingerprint density at radius 3 is 2.42 bits per heavy atom. The van der Waals surface area contributed by atoms with Crippen LogP contribution in [0.2, 0.25) is 0 Å². The molecule has 0 spiro atoms. The van der Waals surface area contributed by atoms with Gasteiger partial charge in [-0.15, -0.1) is 0 Å². The molecule has 1 rings (SSSR count). The molecule has 0 aromatic rings. The molecular weight excluding hydrogens is 348 g/mol. The maximum Gasteiger partial charge on any atom is 0.408 e. The van der Waals surface area contributed by atoms with Crippen molar-refractivity contribution in [3.8, 4) is 0 Å². The van der Waals surface area contributed by atoms with Crippen molar-refractivity contribution >= 4 is 40.4 Å². The molecule has 24 heavy (non-hydrogen) atoms. The monoisotopic (exact) mass is 376 g/mol.